The van der Waals surface area contributed by atoms with Gasteiger partial charge in [-0.25, -0.2) is 0 Å². The Bertz CT molecular complexity index is 1360. The fourth-order valence-corrected chi connectivity index (χ4v) is 5.82. The normalized spacial score (nSPS) is 12.2. The monoisotopic (exact) mass is 753 g/mol. The number of amides is 4. The molecule has 0 saturated carbocycles. The number of unbranched alkanes of at least 4 members (excludes halogenated alkanes) is 4. The fourth-order valence-electron chi connectivity index (χ4n) is 5.34. The summed E-state index contributed by atoms with van der Waals surface area (Å²) in [7, 11) is 1.38. The second-order valence-electron chi connectivity index (χ2n) is 12.1. The summed E-state index contributed by atoms with van der Waals surface area (Å²) in [6.07, 6.45) is 7.35. The van der Waals surface area contributed by atoms with E-state index in [1.165, 1.54) is 18.9 Å². The highest BCUT2D eigenvalue weighted by molar-refractivity contribution is 7.98. The van der Waals surface area contributed by atoms with Crippen LogP contribution in [0, 0.1) is 13.8 Å². The molecule has 0 saturated heterocycles. The Morgan fingerprint density at radius 1 is 0.843 bits per heavy atom. The molecule has 2 aromatic rings. The molecular formula is C36H56ClN5O8S. The number of aryl methyl sites for hydroxylation is 2. The first-order valence-corrected chi connectivity index (χ1v) is 18.1. The molecule has 0 aromatic heterocycles. The highest BCUT2D eigenvalue weighted by Crippen LogP contribution is 2.22. The van der Waals surface area contributed by atoms with Gasteiger partial charge in [-0.1, -0.05) is 49.6 Å². The fraction of sp³-hybridized carbons (Fsp3) is 0.528. The summed E-state index contributed by atoms with van der Waals surface area (Å²) >= 11 is 1.52. The van der Waals surface area contributed by atoms with Crippen LogP contribution >= 0.6 is 24.2 Å². The molecule has 13 nitrogen and oxygen atoms in total. The Morgan fingerprint density at radius 3 is 2.08 bits per heavy atom. The van der Waals surface area contributed by atoms with Crippen molar-refractivity contribution in [2.75, 3.05) is 32.2 Å². The zero-order valence-corrected chi connectivity index (χ0v) is 31.7. The van der Waals surface area contributed by atoms with E-state index < -0.39 is 35.8 Å². The van der Waals surface area contributed by atoms with Gasteiger partial charge in [-0.2, -0.15) is 11.8 Å². The maximum atomic E-state index is 13.2. The largest absolute Gasteiger partial charge is 0.508 e. The van der Waals surface area contributed by atoms with E-state index in [1.54, 1.807) is 12.1 Å². The summed E-state index contributed by atoms with van der Waals surface area (Å²) in [6.45, 7) is 3.73. The van der Waals surface area contributed by atoms with Crippen LogP contribution in [-0.4, -0.2) is 90.5 Å². The first-order valence-electron chi connectivity index (χ1n) is 16.7. The molecule has 0 unspecified atom stereocenters. The lowest BCUT2D eigenvalue weighted by atomic mass is 9.96. The maximum absolute atomic E-state index is 13.2. The van der Waals surface area contributed by atoms with Gasteiger partial charge >= 0.3 is 5.97 Å². The molecule has 3 atom stereocenters. The number of nitrogens with two attached hydrogens (primary N) is 1. The number of esters is 1. The van der Waals surface area contributed by atoms with Crippen LogP contribution in [-0.2, 0) is 41.6 Å². The van der Waals surface area contributed by atoms with Crippen molar-refractivity contribution in [1.29, 1.82) is 0 Å². The van der Waals surface area contributed by atoms with Gasteiger partial charge in [-0.3, -0.25) is 24.0 Å². The Hall–Kier alpha value is -3.85. The van der Waals surface area contributed by atoms with Crippen molar-refractivity contribution in [3.63, 3.8) is 0 Å². The van der Waals surface area contributed by atoms with Crippen LogP contribution in [0.25, 0.3) is 0 Å². The minimum Gasteiger partial charge on any atom is -0.508 e. The summed E-state index contributed by atoms with van der Waals surface area (Å²) in [5, 5.41) is 20.8. The van der Waals surface area contributed by atoms with E-state index in [4.69, 9.17) is 5.73 Å². The predicted molar refractivity (Wildman–Crippen MR) is 203 cm³/mol. The van der Waals surface area contributed by atoms with Crippen LogP contribution in [0.2, 0.25) is 0 Å². The topological polar surface area (TPSA) is 220 Å². The van der Waals surface area contributed by atoms with Crippen molar-refractivity contribution in [2.45, 2.75) is 89.8 Å². The van der Waals surface area contributed by atoms with Gasteiger partial charge in [-0.05, 0) is 85.9 Å². The first kappa shape index (κ1) is 47.1. The van der Waals surface area contributed by atoms with Gasteiger partial charge in [0.15, 0.2) is 0 Å². The third-order valence-corrected chi connectivity index (χ3v) is 8.77. The van der Waals surface area contributed by atoms with Gasteiger partial charge in [-0.15, -0.1) is 12.4 Å². The van der Waals surface area contributed by atoms with E-state index in [9.17, 15) is 29.1 Å². The van der Waals surface area contributed by atoms with Crippen LogP contribution < -0.4 is 27.0 Å². The van der Waals surface area contributed by atoms with Gasteiger partial charge < -0.3 is 42.3 Å². The second kappa shape index (κ2) is 26.0. The number of carbonyl (C=O) groups excluding carboxylic acids is 5. The molecule has 51 heavy (non-hydrogen) atoms. The number of rotatable bonds is 22. The van der Waals surface area contributed by atoms with Gasteiger partial charge in [0.2, 0.25) is 23.6 Å². The molecule has 0 fully saturated rings. The van der Waals surface area contributed by atoms with E-state index in [-0.39, 0.29) is 54.9 Å². The highest BCUT2D eigenvalue weighted by Gasteiger charge is 2.26. The Morgan fingerprint density at radius 2 is 1.45 bits per heavy atom. The second-order valence-corrected chi connectivity index (χ2v) is 13.1. The lowest BCUT2D eigenvalue weighted by Gasteiger charge is -2.22. The molecule has 4 amide bonds. The third-order valence-electron chi connectivity index (χ3n) is 8.13. The standard InChI is InChI=1S/C36H53N5O7S.ClH.H2O/c1-24-19-27(42)20-25(2)28(24)22-29(37)34(45)41-30(16-18-49-4)35(46)39-23-32(43)40-31(21-26-13-9-8-10-14-26)36(47)38-17-12-7-5-6-11-15-33(44)48-3;;/h8-10,13-14,19-20,29-31,42H,5-7,11-12,15-18,21-23,37H2,1-4H3,(H,38,47)(H,39,46)(H,40,43)(H,41,45);1H;1H2/t29-,30-,31+;;/m1../s1. The quantitative estimate of drug-likeness (QED) is 0.0766. The number of methoxy groups -OCH3 is 1. The average Bonchev–Trinajstić information content (AvgIpc) is 3.07. The van der Waals surface area contributed by atoms with Crippen LogP contribution in [0.1, 0.15) is 67.2 Å². The smallest absolute Gasteiger partial charge is 0.305 e. The molecule has 15 heteroatoms. The molecule has 0 bridgehead atoms. The average molecular weight is 754 g/mol. The SMILES string of the molecule is COC(=O)CCCCCCCNC(=O)[C@H](Cc1ccccc1)NC(=O)CNC(=O)[C@@H](CCSC)NC(=O)[C@H](N)Cc1c(C)cc(O)cc1C.Cl.O. The number of hydrogen-bond donors (Lipinski definition) is 6. The number of phenols is 1. The highest BCUT2D eigenvalue weighted by atomic mass is 35.5. The number of benzene rings is 2. The molecule has 0 radical (unpaired) electrons. The van der Waals surface area contributed by atoms with Gasteiger partial charge in [0.05, 0.1) is 19.7 Å². The lowest BCUT2D eigenvalue weighted by molar-refractivity contribution is -0.140. The van der Waals surface area contributed by atoms with E-state index >= 15 is 0 Å². The van der Waals surface area contributed by atoms with Crippen molar-refractivity contribution >= 4 is 53.8 Å². The summed E-state index contributed by atoms with van der Waals surface area (Å²) in [6, 6.07) is 9.84. The predicted octanol–water partition coefficient (Wildman–Crippen LogP) is 2.19. The van der Waals surface area contributed by atoms with Crippen molar-refractivity contribution in [2.24, 2.45) is 5.73 Å². The molecule has 2 rings (SSSR count). The molecule has 0 aliphatic carbocycles. The van der Waals surface area contributed by atoms with Crippen LogP contribution in [0.3, 0.4) is 0 Å². The zero-order valence-electron chi connectivity index (χ0n) is 30.0. The molecule has 0 heterocycles. The number of hydrogen-bond acceptors (Lipinski definition) is 9. The third kappa shape index (κ3) is 18.3. The molecule has 9 N–H and O–H groups in total. The van der Waals surface area contributed by atoms with E-state index in [2.05, 4.69) is 26.0 Å². The van der Waals surface area contributed by atoms with Gasteiger partial charge in [0.25, 0.3) is 0 Å². The molecule has 0 spiro atoms. The van der Waals surface area contributed by atoms with Crippen LogP contribution in [0.15, 0.2) is 42.5 Å². The number of nitrogens with one attached hydrogen (secondary N) is 4. The van der Waals surface area contributed by atoms with E-state index in [0.717, 1.165) is 54.4 Å². The van der Waals surface area contributed by atoms with Gasteiger partial charge in [0.1, 0.15) is 17.8 Å². The molecular weight excluding hydrogens is 698 g/mol. The van der Waals surface area contributed by atoms with E-state index in [1.807, 2.05) is 50.4 Å². The van der Waals surface area contributed by atoms with Crippen LogP contribution in [0.5, 0.6) is 5.75 Å². The van der Waals surface area contributed by atoms with Crippen LogP contribution in [0.4, 0.5) is 0 Å². The van der Waals surface area contributed by atoms with E-state index in [0.29, 0.717) is 25.1 Å². The summed E-state index contributed by atoms with van der Waals surface area (Å²) in [5.74, 6) is -1.39. The number of carbonyl (C=O) groups is 5. The van der Waals surface area contributed by atoms with Gasteiger partial charge in [0, 0.05) is 19.4 Å². The Balaban J connectivity index is 0.0000125. The molecule has 0 aliphatic rings. The molecule has 286 valence electrons. The number of ether oxygens (including phenoxy) is 1. The molecule has 0 aliphatic heterocycles. The number of thioether (sulfide) groups is 1. The van der Waals surface area contributed by atoms with Crippen molar-refractivity contribution < 1.29 is 39.3 Å². The number of phenolic OH excluding ortho intramolecular Hbond substituents is 1. The van der Waals surface area contributed by atoms with Crippen molar-refractivity contribution in [3.05, 3.63) is 64.7 Å². The Kier molecular flexibility index (Phi) is 24.0. The minimum atomic E-state index is -0.932. The van der Waals surface area contributed by atoms with Crippen molar-refractivity contribution in [1.82, 2.24) is 21.3 Å². The summed E-state index contributed by atoms with van der Waals surface area (Å²) < 4.78 is 4.65. The summed E-state index contributed by atoms with van der Waals surface area (Å²) in [4.78, 5) is 63.5. The number of aromatic hydroxyl groups is 1. The zero-order chi connectivity index (χ0) is 36.2. The Labute approximate surface area is 311 Å². The minimum absolute atomic E-state index is 0. The number of halogens is 1. The maximum Gasteiger partial charge on any atom is 0.305 e. The first-order chi connectivity index (χ1) is 23.4. The van der Waals surface area contributed by atoms with Crippen molar-refractivity contribution in [3.8, 4) is 5.75 Å². The summed E-state index contributed by atoms with van der Waals surface area (Å²) in [5.41, 5.74) is 9.57. The molecule has 2 aromatic carbocycles. The lowest BCUT2D eigenvalue weighted by Crippen LogP contribution is -2.54.